The van der Waals surface area contributed by atoms with Crippen molar-refractivity contribution in [3.05, 3.63) is 60.3 Å². The number of ether oxygens (including phenoxy) is 1. The minimum Gasteiger partial charge on any atom is -0.396 e. The lowest BCUT2D eigenvalue weighted by atomic mass is 10.1. The number of aromatic nitrogens is 4. The molecule has 1 fully saturated rings. The molecule has 0 spiro atoms. The summed E-state index contributed by atoms with van der Waals surface area (Å²) in [5.41, 5.74) is 3.84. The Balaban J connectivity index is 1.29. The van der Waals surface area contributed by atoms with Gasteiger partial charge in [-0.25, -0.2) is 14.8 Å². The Labute approximate surface area is 196 Å². The van der Waals surface area contributed by atoms with Crippen molar-refractivity contribution in [3.63, 3.8) is 0 Å². The normalized spacial score (nSPS) is 13.7. The Morgan fingerprint density at radius 1 is 1.00 bits per heavy atom. The van der Waals surface area contributed by atoms with Gasteiger partial charge in [-0.15, -0.1) is 0 Å². The maximum atomic E-state index is 12.4. The minimum atomic E-state index is -0.340. The second-order valence-electron chi connectivity index (χ2n) is 7.93. The van der Waals surface area contributed by atoms with Gasteiger partial charge in [-0.3, -0.25) is 5.10 Å². The molecular formula is C24H25N7O3. The molecule has 0 saturated carbocycles. The third kappa shape index (κ3) is 4.82. The van der Waals surface area contributed by atoms with Crippen LogP contribution >= 0.6 is 0 Å². The molecule has 4 aromatic rings. The van der Waals surface area contributed by atoms with Crippen molar-refractivity contribution in [2.75, 3.05) is 48.4 Å². The summed E-state index contributed by atoms with van der Waals surface area (Å²) in [5.74, 6) is 1.42. The van der Waals surface area contributed by atoms with E-state index in [4.69, 9.17) is 14.8 Å². The summed E-state index contributed by atoms with van der Waals surface area (Å²) in [6, 6.07) is 14.4. The van der Waals surface area contributed by atoms with E-state index in [2.05, 4.69) is 30.7 Å². The molecule has 174 valence electrons. The molecule has 10 nitrogen and oxygen atoms in total. The third-order valence-corrected chi connectivity index (χ3v) is 5.61. The molecule has 2 aromatic carbocycles. The first-order valence-corrected chi connectivity index (χ1v) is 11.1. The summed E-state index contributed by atoms with van der Waals surface area (Å²) >= 11 is 0. The Bertz CT molecular complexity index is 1270. The number of nitrogens with one attached hydrogen (secondary N) is 3. The Kier molecular flexibility index (Phi) is 6.32. The van der Waals surface area contributed by atoms with Crippen LogP contribution in [0.4, 0.5) is 22.0 Å². The highest BCUT2D eigenvalue weighted by atomic mass is 16.5. The fourth-order valence-corrected chi connectivity index (χ4v) is 3.84. The first kappa shape index (κ1) is 21.8. The molecule has 10 heteroatoms. The summed E-state index contributed by atoms with van der Waals surface area (Å²) < 4.78 is 5.47. The van der Waals surface area contributed by atoms with Gasteiger partial charge in [-0.2, -0.15) is 5.10 Å². The van der Waals surface area contributed by atoms with Crippen LogP contribution in [0.3, 0.4) is 0 Å². The number of morpholine rings is 1. The summed E-state index contributed by atoms with van der Waals surface area (Å²) in [4.78, 5) is 24.0. The van der Waals surface area contributed by atoms with Crippen LogP contribution in [-0.2, 0) is 11.2 Å². The number of carbonyl (C=O) groups is 1. The number of amides is 2. The number of urea groups is 1. The van der Waals surface area contributed by atoms with Gasteiger partial charge in [0, 0.05) is 36.6 Å². The number of H-pyrrole nitrogens is 1. The number of anilines is 3. The highest BCUT2D eigenvalue weighted by molar-refractivity contribution is 5.99. The summed E-state index contributed by atoms with van der Waals surface area (Å²) in [6.07, 6.45) is 2.33. The van der Waals surface area contributed by atoms with Crippen LogP contribution in [0.5, 0.6) is 0 Å². The monoisotopic (exact) mass is 459 g/mol. The second-order valence-corrected chi connectivity index (χ2v) is 7.93. The van der Waals surface area contributed by atoms with Gasteiger partial charge in [-0.1, -0.05) is 12.1 Å². The number of hydrogen-bond acceptors (Lipinski definition) is 7. The van der Waals surface area contributed by atoms with Crippen molar-refractivity contribution in [2.45, 2.75) is 6.42 Å². The lowest BCUT2D eigenvalue weighted by Gasteiger charge is -2.28. The molecule has 0 atom stereocenters. The van der Waals surface area contributed by atoms with Crippen LogP contribution in [-0.4, -0.2) is 64.2 Å². The first-order chi connectivity index (χ1) is 16.7. The molecule has 2 amide bonds. The largest absolute Gasteiger partial charge is 0.396 e. The highest BCUT2D eigenvalue weighted by Crippen LogP contribution is 2.27. The maximum absolute atomic E-state index is 12.4. The predicted molar refractivity (Wildman–Crippen MR) is 130 cm³/mol. The lowest BCUT2D eigenvalue weighted by Crippen LogP contribution is -2.37. The van der Waals surface area contributed by atoms with Crippen LogP contribution in [0.2, 0.25) is 0 Å². The van der Waals surface area contributed by atoms with Crippen LogP contribution in [0, 0.1) is 0 Å². The number of aliphatic hydroxyl groups excluding tert-OH is 1. The van der Waals surface area contributed by atoms with Gasteiger partial charge in [-0.05, 0) is 48.4 Å². The van der Waals surface area contributed by atoms with Crippen LogP contribution in [0.15, 0.2) is 54.7 Å². The third-order valence-electron chi connectivity index (χ3n) is 5.61. The molecule has 0 unspecified atom stereocenters. The number of aliphatic hydroxyl groups is 1. The van der Waals surface area contributed by atoms with Crippen molar-refractivity contribution in [1.29, 1.82) is 0 Å². The van der Waals surface area contributed by atoms with Gasteiger partial charge in [0.1, 0.15) is 5.82 Å². The zero-order chi connectivity index (χ0) is 23.3. The van der Waals surface area contributed by atoms with E-state index in [0.717, 1.165) is 35.4 Å². The Hall–Kier alpha value is -4.02. The molecular weight excluding hydrogens is 434 g/mol. The molecule has 5 rings (SSSR count). The molecule has 0 aliphatic carbocycles. The summed E-state index contributed by atoms with van der Waals surface area (Å²) in [5, 5.41) is 22.6. The van der Waals surface area contributed by atoms with Crippen LogP contribution < -0.4 is 15.5 Å². The molecule has 1 aliphatic rings. The fourth-order valence-electron chi connectivity index (χ4n) is 3.84. The van der Waals surface area contributed by atoms with Crippen LogP contribution in [0.25, 0.3) is 22.4 Å². The molecule has 1 aliphatic heterocycles. The quantitative estimate of drug-likeness (QED) is 0.349. The molecule has 0 radical (unpaired) electrons. The first-order valence-electron chi connectivity index (χ1n) is 11.1. The van der Waals surface area contributed by atoms with E-state index in [1.165, 1.54) is 0 Å². The van der Waals surface area contributed by atoms with Crippen molar-refractivity contribution >= 4 is 34.3 Å². The van der Waals surface area contributed by atoms with E-state index < -0.39 is 0 Å². The number of carbonyl (C=O) groups excluding carboxylic acids is 1. The predicted octanol–water partition coefficient (Wildman–Crippen LogP) is 3.04. The van der Waals surface area contributed by atoms with Gasteiger partial charge in [0.2, 0.25) is 0 Å². The van der Waals surface area contributed by atoms with Gasteiger partial charge < -0.3 is 25.4 Å². The van der Waals surface area contributed by atoms with E-state index in [9.17, 15) is 4.79 Å². The Morgan fingerprint density at radius 3 is 2.35 bits per heavy atom. The smallest absolute Gasteiger partial charge is 0.323 e. The average molecular weight is 460 g/mol. The zero-order valence-electron chi connectivity index (χ0n) is 18.5. The highest BCUT2D eigenvalue weighted by Gasteiger charge is 2.19. The van der Waals surface area contributed by atoms with Gasteiger partial charge in [0.15, 0.2) is 11.5 Å². The van der Waals surface area contributed by atoms with E-state index in [0.29, 0.717) is 42.5 Å². The van der Waals surface area contributed by atoms with Crippen molar-refractivity contribution in [2.24, 2.45) is 0 Å². The van der Waals surface area contributed by atoms with E-state index >= 15 is 0 Å². The number of aromatic amines is 1. The molecule has 0 bridgehead atoms. The lowest BCUT2D eigenvalue weighted by molar-refractivity contribution is 0.122. The molecule has 4 N–H and O–H groups in total. The van der Waals surface area contributed by atoms with Crippen molar-refractivity contribution in [1.82, 2.24) is 20.2 Å². The molecule has 3 heterocycles. The number of nitrogens with zero attached hydrogens (tertiary/aromatic N) is 4. The van der Waals surface area contributed by atoms with Crippen molar-refractivity contribution < 1.29 is 14.6 Å². The van der Waals surface area contributed by atoms with E-state index in [-0.39, 0.29) is 12.6 Å². The standard InChI is InChI=1S/C24H25N7O3/c32-12-9-16-1-5-18(6-2-16)26-24(33)27-19-7-3-17(4-8-19)21-28-22-20(15-25-30-22)23(29-21)31-10-13-34-14-11-31/h1-8,15,32H,9-14H2,(H2,26,27,33)(H,25,28,29,30). The minimum absolute atomic E-state index is 0.0958. The number of fused-ring (bicyclic) bond motifs is 1. The Morgan fingerprint density at radius 2 is 1.68 bits per heavy atom. The van der Waals surface area contributed by atoms with Gasteiger partial charge >= 0.3 is 6.03 Å². The number of hydrogen-bond donors (Lipinski definition) is 4. The molecule has 34 heavy (non-hydrogen) atoms. The van der Waals surface area contributed by atoms with Gasteiger partial charge in [0.25, 0.3) is 0 Å². The van der Waals surface area contributed by atoms with Gasteiger partial charge in [0.05, 0.1) is 24.8 Å². The summed E-state index contributed by atoms with van der Waals surface area (Å²) in [7, 11) is 0. The van der Waals surface area contributed by atoms with E-state index in [1.54, 1.807) is 6.20 Å². The molecule has 1 saturated heterocycles. The average Bonchev–Trinajstić information content (AvgIpc) is 3.35. The second kappa shape index (κ2) is 9.86. The van der Waals surface area contributed by atoms with E-state index in [1.807, 2.05) is 48.5 Å². The zero-order valence-corrected chi connectivity index (χ0v) is 18.5. The van der Waals surface area contributed by atoms with Crippen molar-refractivity contribution in [3.8, 4) is 11.4 Å². The maximum Gasteiger partial charge on any atom is 0.323 e. The number of rotatable bonds is 6. The van der Waals surface area contributed by atoms with Crippen LogP contribution in [0.1, 0.15) is 5.56 Å². The fraction of sp³-hybridized carbons (Fsp3) is 0.250. The topological polar surface area (TPSA) is 128 Å². The molecule has 2 aromatic heterocycles. The SMILES string of the molecule is O=C(Nc1ccc(CCO)cc1)Nc1ccc(-c2nc(N3CCOCC3)c3cn[nH]c3n2)cc1. The number of benzene rings is 2. The summed E-state index contributed by atoms with van der Waals surface area (Å²) in [6.45, 7) is 2.94.